The predicted molar refractivity (Wildman–Crippen MR) is 129 cm³/mol. The number of sulfonamides is 1. The highest BCUT2D eigenvalue weighted by Gasteiger charge is 2.32. The van der Waals surface area contributed by atoms with Crippen LogP contribution in [0.25, 0.3) is 0 Å². The highest BCUT2D eigenvalue weighted by Crippen LogP contribution is 2.28. The Kier molecular flexibility index (Phi) is 7.71. The molecule has 0 spiro atoms. The maximum absolute atomic E-state index is 13.3. The van der Waals surface area contributed by atoms with Crippen molar-refractivity contribution >= 4 is 15.9 Å². The van der Waals surface area contributed by atoms with E-state index in [0.29, 0.717) is 37.7 Å². The molecule has 2 heterocycles. The lowest BCUT2D eigenvalue weighted by atomic mass is 9.90. The van der Waals surface area contributed by atoms with E-state index in [9.17, 15) is 13.2 Å². The molecule has 7 heteroatoms. The van der Waals surface area contributed by atoms with Crippen molar-refractivity contribution in [3.05, 3.63) is 59.7 Å². The molecule has 0 aliphatic carbocycles. The maximum Gasteiger partial charge on any atom is 0.255 e. The molecule has 0 aromatic heterocycles. The third kappa shape index (κ3) is 5.58. The van der Waals surface area contributed by atoms with Crippen LogP contribution >= 0.6 is 0 Å². The van der Waals surface area contributed by atoms with Crippen molar-refractivity contribution in [2.24, 2.45) is 5.92 Å². The first-order valence-corrected chi connectivity index (χ1v) is 13.4. The molecule has 2 aromatic carbocycles. The van der Waals surface area contributed by atoms with Crippen LogP contribution in [0.4, 0.5) is 0 Å². The van der Waals surface area contributed by atoms with E-state index in [1.165, 1.54) is 9.87 Å². The van der Waals surface area contributed by atoms with Crippen molar-refractivity contribution in [1.82, 2.24) is 9.21 Å². The van der Waals surface area contributed by atoms with Gasteiger partial charge in [-0.2, -0.15) is 4.31 Å². The summed E-state index contributed by atoms with van der Waals surface area (Å²) in [6, 6.07) is 14.9. The highest BCUT2D eigenvalue weighted by atomic mass is 32.2. The monoisotopic (exact) mass is 470 g/mol. The molecule has 4 rings (SSSR count). The summed E-state index contributed by atoms with van der Waals surface area (Å²) in [6.07, 6.45) is 6.80. The Labute approximate surface area is 197 Å². The summed E-state index contributed by atoms with van der Waals surface area (Å²) in [5, 5.41) is 0. The number of ether oxygens (including phenoxy) is 1. The van der Waals surface area contributed by atoms with Crippen LogP contribution in [0.15, 0.2) is 53.4 Å². The molecule has 2 fully saturated rings. The van der Waals surface area contributed by atoms with Crippen molar-refractivity contribution in [3.8, 4) is 5.75 Å². The Morgan fingerprint density at radius 2 is 1.61 bits per heavy atom. The van der Waals surface area contributed by atoms with Crippen LogP contribution in [0.2, 0.25) is 0 Å². The largest absolute Gasteiger partial charge is 0.497 e. The average Bonchev–Trinajstić information content (AvgIpc) is 2.88. The van der Waals surface area contributed by atoms with Gasteiger partial charge < -0.3 is 9.64 Å². The summed E-state index contributed by atoms with van der Waals surface area (Å²) in [7, 11) is -1.98. The van der Waals surface area contributed by atoms with E-state index in [0.717, 1.165) is 50.7 Å². The van der Waals surface area contributed by atoms with Crippen LogP contribution in [0.3, 0.4) is 0 Å². The van der Waals surface area contributed by atoms with Crippen molar-refractivity contribution < 1.29 is 17.9 Å². The lowest BCUT2D eigenvalue weighted by Gasteiger charge is -2.33. The van der Waals surface area contributed by atoms with E-state index in [2.05, 4.69) is 12.1 Å². The molecular formula is C26H34N2O4S. The molecule has 0 bridgehead atoms. The van der Waals surface area contributed by atoms with Gasteiger partial charge in [0.2, 0.25) is 10.0 Å². The van der Waals surface area contributed by atoms with Gasteiger partial charge in [-0.25, -0.2) is 8.42 Å². The summed E-state index contributed by atoms with van der Waals surface area (Å²) < 4.78 is 33.3. The number of piperidine rings is 2. The molecule has 1 amide bonds. The molecule has 2 aliphatic rings. The zero-order valence-electron chi connectivity index (χ0n) is 19.4. The first-order chi connectivity index (χ1) is 16.0. The number of benzene rings is 2. The third-order valence-corrected chi connectivity index (χ3v) is 8.91. The van der Waals surface area contributed by atoms with E-state index in [-0.39, 0.29) is 10.8 Å². The first-order valence-electron chi connectivity index (χ1n) is 12.0. The summed E-state index contributed by atoms with van der Waals surface area (Å²) >= 11 is 0. The molecule has 2 aliphatic heterocycles. The fourth-order valence-electron chi connectivity index (χ4n) is 4.87. The van der Waals surface area contributed by atoms with Crippen LogP contribution in [-0.2, 0) is 16.4 Å². The minimum atomic E-state index is -3.65. The second-order valence-corrected chi connectivity index (χ2v) is 11.0. The summed E-state index contributed by atoms with van der Waals surface area (Å²) in [5.41, 5.74) is 1.60. The molecule has 0 N–H and O–H groups in total. The number of nitrogens with zero attached hydrogens (tertiary/aromatic N) is 2. The molecule has 0 saturated carbocycles. The summed E-state index contributed by atoms with van der Waals surface area (Å²) in [5.74, 6) is 1.27. The molecule has 0 atom stereocenters. The van der Waals surface area contributed by atoms with Gasteiger partial charge in [0.15, 0.2) is 0 Å². The maximum atomic E-state index is 13.3. The van der Waals surface area contributed by atoms with Gasteiger partial charge >= 0.3 is 0 Å². The summed E-state index contributed by atoms with van der Waals surface area (Å²) in [6.45, 7) is 2.41. The second-order valence-electron chi connectivity index (χ2n) is 9.08. The SMILES string of the molecule is COc1ccc(CCC2CCN(C(=O)c3ccccc3S(=O)(=O)N3CCCCC3)CC2)cc1. The second kappa shape index (κ2) is 10.7. The van der Waals surface area contributed by atoms with Gasteiger partial charge in [-0.1, -0.05) is 30.7 Å². The van der Waals surface area contributed by atoms with Gasteiger partial charge in [0.25, 0.3) is 5.91 Å². The molecule has 178 valence electrons. The van der Waals surface area contributed by atoms with E-state index < -0.39 is 10.0 Å². The molecule has 0 radical (unpaired) electrons. The van der Waals surface area contributed by atoms with E-state index in [4.69, 9.17) is 4.74 Å². The van der Waals surface area contributed by atoms with Gasteiger partial charge in [0.1, 0.15) is 5.75 Å². The highest BCUT2D eigenvalue weighted by molar-refractivity contribution is 7.89. The molecule has 2 saturated heterocycles. The van der Waals surface area contributed by atoms with E-state index in [1.54, 1.807) is 31.4 Å². The number of hydrogen-bond acceptors (Lipinski definition) is 4. The van der Waals surface area contributed by atoms with Crippen molar-refractivity contribution in [1.29, 1.82) is 0 Å². The number of likely N-dealkylation sites (tertiary alicyclic amines) is 1. The number of rotatable bonds is 7. The van der Waals surface area contributed by atoms with Gasteiger partial charge in [0, 0.05) is 26.2 Å². The zero-order chi connectivity index (χ0) is 23.3. The number of carbonyl (C=O) groups excluding carboxylic acids is 1. The first kappa shape index (κ1) is 23.8. The number of aryl methyl sites for hydroxylation is 1. The van der Waals surface area contributed by atoms with Gasteiger partial charge in [-0.15, -0.1) is 0 Å². The van der Waals surface area contributed by atoms with Gasteiger partial charge in [0.05, 0.1) is 17.6 Å². The number of hydrogen-bond donors (Lipinski definition) is 0. The number of methoxy groups -OCH3 is 1. The lowest BCUT2D eigenvalue weighted by Crippen LogP contribution is -2.40. The minimum absolute atomic E-state index is 0.151. The van der Waals surface area contributed by atoms with Crippen molar-refractivity contribution in [2.45, 2.75) is 49.8 Å². The van der Waals surface area contributed by atoms with Crippen LogP contribution < -0.4 is 4.74 Å². The standard InChI is InChI=1S/C26H34N2O4S/c1-32-23-13-11-21(12-14-23)9-10-22-15-19-27(20-16-22)26(29)24-7-3-4-8-25(24)33(30,31)28-17-5-2-6-18-28/h3-4,7-8,11-14,22H,2,5-6,9-10,15-20H2,1H3. The Morgan fingerprint density at radius 1 is 0.939 bits per heavy atom. The quantitative estimate of drug-likeness (QED) is 0.603. The Morgan fingerprint density at radius 3 is 2.27 bits per heavy atom. The van der Waals surface area contributed by atoms with Crippen LogP contribution in [0, 0.1) is 5.92 Å². The number of amides is 1. The van der Waals surface area contributed by atoms with Crippen LogP contribution in [0.1, 0.15) is 54.4 Å². The lowest BCUT2D eigenvalue weighted by molar-refractivity contribution is 0.0682. The summed E-state index contributed by atoms with van der Waals surface area (Å²) in [4.78, 5) is 15.3. The molecule has 6 nitrogen and oxygen atoms in total. The molecule has 33 heavy (non-hydrogen) atoms. The van der Waals surface area contributed by atoms with Crippen LogP contribution in [0.5, 0.6) is 5.75 Å². The minimum Gasteiger partial charge on any atom is -0.497 e. The molecular weight excluding hydrogens is 436 g/mol. The zero-order valence-corrected chi connectivity index (χ0v) is 20.2. The Hall–Kier alpha value is -2.38. The third-order valence-electron chi connectivity index (χ3n) is 6.95. The van der Waals surface area contributed by atoms with Crippen molar-refractivity contribution in [3.63, 3.8) is 0 Å². The molecule has 0 unspecified atom stereocenters. The fourth-order valence-corrected chi connectivity index (χ4v) is 6.57. The Bertz CT molecular complexity index is 1040. The van der Waals surface area contributed by atoms with E-state index in [1.807, 2.05) is 17.0 Å². The van der Waals surface area contributed by atoms with E-state index >= 15 is 0 Å². The van der Waals surface area contributed by atoms with Crippen LogP contribution in [-0.4, -0.2) is 56.8 Å². The predicted octanol–water partition coefficient (Wildman–Crippen LogP) is 4.35. The average molecular weight is 471 g/mol. The topological polar surface area (TPSA) is 66.9 Å². The number of carbonyl (C=O) groups is 1. The smallest absolute Gasteiger partial charge is 0.255 e. The van der Waals surface area contributed by atoms with Gasteiger partial charge in [-0.3, -0.25) is 4.79 Å². The van der Waals surface area contributed by atoms with Gasteiger partial charge in [-0.05, 0) is 74.3 Å². The normalized spacial score (nSPS) is 18.3. The Balaban J connectivity index is 1.37. The fraction of sp³-hybridized carbons (Fsp3) is 0.500. The van der Waals surface area contributed by atoms with Crippen molar-refractivity contribution in [2.75, 3.05) is 33.3 Å². The molecule has 2 aromatic rings.